The fourth-order valence-electron chi connectivity index (χ4n) is 3.67. The van der Waals surface area contributed by atoms with Crippen molar-refractivity contribution in [2.45, 2.75) is 37.8 Å². The summed E-state index contributed by atoms with van der Waals surface area (Å²) in [6, 6.07) is -0.821. The van der Waals surface area contributed by atoms with E-state index in [-0.39, 0.29) is 24.8 Å². The van der Waals surface area contributed by atoms with Crippen LogP contribution in [0.4, 0.5) is 0 Å². The Morgan fingerprint density at radius 3 is 2.41 bits per heavy atom. The average molecular weight is 239 g/mol. The lowest BCUT2D eigenvalue weighted by molar-refractivity contribution is -0.149. The topological polar surface area (TPSA) is 77.8 Å². The lowest BCUT2D eigenvalue weighted by atomic mass is 10.1. The molecule has 3 rings (SSSR count). The van der Waals surface area contributed by atoms with Crippen LogP contribution in [0.15, 0.2) is 0 Å². The van der Waals surface area contributed by atoms with E-state index >= 15 is 0 Å². The molecular formula is C12H17NO4. The number of nitrogens with zero attached hydrogens (tertiary/aromatic N) is 1. The molecule has 2 unspecified atom stereocenters. The van der Waals surface area contributed by atoms with Crippen molar-refractivity contribution in [2.75, 3.05) is 6.54 Å². The number of β-amino-alcohol motifs (C(OH)–C–C–N with tert-alkyl or cyclic N) is 1. The highest BCUT2D eigenvalue weighted by Crippen LogP contribution is 2.58. The third-order valence-corrected chi connectivity index (χ3v) is 4.54. The van der Waals surface area contributed by atoms with Gasteiger partial charge < -0.3 is 15.1 Å². The summed E-state index contributed by atoms with van der Waals surface area (Å²) in [5.74, 6) is 0.00429. The number of aliphatic hydroxyl groups is 1. The summed E-state index contributed by atoms with van der Waals surface area (Å²) in [6.45, 7) is 0.186. The molecule has 2 N–H and O–H groups in total. The van der Waals surface area contributed by atoms with Crippen LogP contribution in [-0.4, -0.2) is 45.7 Å². The molecule has 17 heavy (non-hydrogen) atoms. The van der Waals surface area contributed by atoms with E-state index in [4.69, 9.17) is 5.11 Å². The molecule has 1 amide bonds. The Labute approximate surface area is 99.4 Å². The molecule has 0 radical (unpaired) electrons. The van der Waals surface area contributed by atoms with E-state index in [2.05, 4.69) is 0 Å². The second-order valence-corrected chi connectivity index (χ2v) is 5.52. The normalized spacial score (nSPS) is 43.6. The van der Waals surface area contributed by atoms with Crippen molar-refractivity contribution in [3.05, 3.63) is 0 Å². The van der Waals surface area contributed by atoms with Gasteiger partial charge in [-0.3, -0.25) is 4.79 Å². The van der Waals surface area contributed by atoms with Crippen LogP contribution in [0.1, 0.15) is 25.7 Å². The third-order valence-electron chi connectivity index (χ3n) is 4.54. The first-order valence-electron chi connectivity index (χ1n) is 6.31. The summed E-state index contributed by atoms with van der Waals surface area (Å²) < 4.78 is 0. The first-order valence-corrected chi connectivity index (χ1v) is 6.31. The molecule has 5 heteroatoms. The van der Waals surface area contributed by atoms with Crippen LogP contribution in [0.3, 0.4) is 0 Å². The van der Waals surface area contributed by atoms with Crippen molar-refractivity contribution < 1.29 is 19.8 Å². The number of fused-ring (bicyclic) bond motifs is 1. The molecule has 4 atom stereocenters. The number of carboxylic acids is 1. The number of likely N-dealkylation sites (tertiary alicyclic amines) is 1. The second-order valence-electron chi connectivity index (χ2n) is 5.52. The zero-order valence-electron chi connectivity index (χ0n) is 9.58. The Hall–Kier alpha value is -1.10. The molecule has 0 spiro atoms. The predicted molar refractivity (Wildman–Crippen MR) is 58.1 cm³/mol. The van der Waals surface area contributed by atoms with Crippen LogP contribution in [0.25, 0.3) is 0 Å². The van der Waals surface area contributed by atoms with E-state index in [9.17, 15) is 14.7 Å². The van der Waals surface area contributed by atoms with Crippen molar-refractivity contribution in [1.29, 1.82) is 0 Å². The van der Waals surface area contributed by atoms with Gasteiger partial charge in [-0.15, -0.1) is 0 Å². The summed E-state index contributed by atoms with van der Waals surface area (Å²) in [7, 11) is 0. The summed E-state index contributed by atoms with van der Waals surface area (Å²) in [5, 5.41) is 18.6. The van der Waals surface area contributed by atoms with Gasteiger partial charge in [0.05, 0.1) is 6.10 Å². The van der Waals surface area contributed by atoms with Gasteiger partial charge in [0.1, 0.15) is 6.04 Å². The maximum absolute atomic E-state index is 12.2. The molecule has 3 fully saturated rings. The van der Waals surface area contributed by atoms with E-state index in [0.29, 0.717) is 11.8 Å². The summed E-state index contributed by atoms with van der Waals surface area (Å²) in [5.41, 5.74) is 0. The van der Waals surface area contributed by atoms with Crippen molar-refractivity contribution >= 4 is 11.9 Å². The minimum atomic E-state index is -0.999. The zero-order chi connectivity index (χ0) is 12.2. The minimum Gasteiger partial charge on any atom is -0.480 e. The number of amides is 1. The summed E-state index contributed by atoms with van der Waals surface area (Å²) in [4.78, 5) is 24.7. The molecule has 1 aliphatic heterocycles. The number of carbonyl (C=O) groups excluding carboxylic acids is 1. The summed E-state index contributed by atoms with van der Waals surface area (Å²) in [6.07, 6.45) is 2.90. The Morgan fingerprint density at radius 2 is 1.82 bits per heavy atom. The van der Waals surface area contributed by atoms with Crippen molar-refractivity contribution in [3.8, 4) is 0 Å². The van der Waals surface area contributed by atoms with Gasteiger partial charge in [0.25, 0.3) is 0 Å². The third kappa shape index (κ3) is 1.64. The molecule has 2 aliphatic carbocycles. The van der Waals surface area contributed by atoms with Crippen LogP contribution in [-0.2, 0) is 9.59 Å². The SMILES string of the molecule is O=C(O)[C@H]1C[C@@H](O)CN1C(=O)C1C2CCCC21. The van der Waals surface area contributed by atoms with Gasteiger partial charge in [-0.05, 0) is 24.7 Å². The monoisotopic (exact) mass is 239 g/mol. The quantitative estimate of drug-likeness (QED) is 0.715. The van der Waals surface area contributed by atoms with E-state index in [0.717, 1.165) is 12.8 Å². The van der Waals surface area contributed by atoms with E-state index in [1.807, 2.05) is 0 Å². The largest absolute Gasteiger partial charge is 0.480 e. The fourth-order valence-corrected chi connectivity index (χ4v) is 3.67. The fraction of sp³-hybridized carbons (Fsp3) is 0.833. The number of carbonyl (C=O) groups is 2. The van der Waals surface area contributed by atoms with Crippen molar-refractivity contribution in [1.82, 2.24) is 4.90 Å². The number of rotatable bonds is 2. The van der Waals surface area contributed by atoms with Gasteiger partial charge in [0, 0.05) is 18.9 Å². The predicted octanol–water partition coefficient (Wildman–Crippen LogP) is 0.0789. The number of aliphatic carboxylic acids is 1. The van der Waals surface area contributed by atoms with Gasteiger partial charge in [-0.25, -0.2) is 4.79 Å². The Balaban J connectivity index is 1.71. The van der Waals surface area contributed by atoms with Crippen molar-refractivity contribution in [2.24, 2.45) is 17.8 Å². The molecule has 2 saturated carbocycles. The van der Waals surface area contributed by atoms with Crippen LogP contribution < -0.4 is 0 Å². The standard InChI is InChI=1S/C12H17NO4/c14-6-4-9(12(16)17)13(5-6)11(15)10-7-2-1-3-8(7)10/h6-10,14H,1-5H2,(H,16,17)/t6-,7?,8?,9-,10?/m1/s1. The molecule has 0 aromatic rings. The Morgan fingerprint density at radius 1 is 1.18 bits per heavy atom. The van der Waals surface area contributed by atoms with Gasteiger partial charge >= 0.3 is 5.97 Å². The summed E-state index contributed by atoms with van der Waals surface area (Å²) >= 11 is 0. The first-order chi connectivity index (χ1) is 8.09. The first kappa shape index (κ1) is 11.0. The van der Waals surface area contributed by atoms with Gasteiger partial charge in [0.15, 0.2) is 0 Å². The Bertz CT molecular complexity index is 360. The van der Waals surface area contributed by atoms with Crippen LogP contribution in [0.2, 0.25) is 0 Å². The van der Waals surface area contributed by atoms with Crippen LogP contribution >= 0.6 is 0 Å². The van der Waals surface area contributed by atoms with Gasteiger partial charge in [-0.2, -0.15) is 0 Å². The lowest BCUT2D eigenvalue weighted by Gasteiger charge is -2.22. The highest BCUT2D eigenvalue weighted by molar-refractivity contribution is 5.88. The lowest BCUT2D eigenvalue weighted by Crippen LogP contribution is -2.42. The molecule has 94 valence electrons. The van der Waals surface area contributed by atoms with Gasteiger partial charge in [0.2, 0.25) is 5.91 Å². The van der Waals surface area contributed by atoms with Gasteiger partial charge in [-0.1, -0.05) is 6.42 Å². The maximum Gasteiger partial charge on any atom is 0.326 e. The molecule has 1 saturated heterocycles. The Kier molecular flexibility index (Phi) is 2.40. The number of aliphatic hydroxyl groups excluding tert-OH is 1. The molecule has 0 bridgehead atoms. The molecule has 0 aromatic heterocycles. The van der Waals surface area contributed by atoms with Crippen molar-refractivity contribution in [3.63, 3.8) is 0 Å². The molecule has 1 heterocycles. The van der Waals surface area contributed by atoms with E-state index in [1.165, 1.54) is 11.3 Å². The smallest absolute Gasteiger partial charge is 0.326 e. The molecule has 5 nitrogen and oxygen atoms in total. The van der Waals surface area contributed by atoms with Crippen LogP contribution in [0, 0.1) is 17.8 Å². The highest BCUT2D eigenvalue weighted by atomic mass is 16.4. The second kappa shape index (κ2) is 3.70. The molecular weight excluding hydrogens is 222 g/mol. The maximum atomic E-state index is 12.2. The van der Waals surface area contributed by atoms with E-state index in [1.54, 1.807) is 0 Å². The van der Waals surface area contributed by atoms with E-state index < -0.39 is 18.1 Å². The molecule has 0 aromatic carbocycles. The highest BCUT2D eigenvalue weighted by Gasteiger charge is 2.59. The minimum absolute atomic E-state index is 0.0383. The zero-order valence-corrected chi connectivity index (χ0v) is 9.58. The molecule has 3 aliphatic rings. The number of hydrogen-bond acceptors (Lipinski definition) is 3. The number of carboxylic acid groups (broad SMARTS) is 1. The number of hydrogen-bond donors (Lipinski definition) is 2. The average Bonchev–Trinajstić information content (AvgIpc) is 2.67. The van der Waals surface area contributed by atoms with Crippen LogP contribution in [0.5, 0.6) is 0 Å².